The fourth-order valence-electron chi connectivity index (χ4n) is 4.27. The van der Waals surface area contributed by atoms with Gasteiger partial charge in [0.25, 0.3) is 0 Å². The Morgan fingerprint density at radius 1 is 1.06 bits per heavy atom. The maximum absolute atomic E-state index is 13.3. The quantitative estimate of drug-likeness (QED) is 0.405. The Morgan fingerprint density at radius 3 is 2.69 bits per heavy atom. The van der Waals surface area contributed by atoms with Gasteiger partial charge < -0.3 is 14.5 Å². The van der Waals surface area contributed by atoms with Crippen molar-refractivity contribution in [2.24, 2.45) is 7.05 Å². The molecule has 4 aromatic rings. The molecule has 1 aliphatic rings. The summed E-state index contributed by atoms with van der Waals surface area (Å²) in [7, 11) is 1.84. The highest BCUT2D eigenvalue weighted by molar-refractivity contribution is 5.86. The monoisotopic (exact) mass is 473 g/mol. The Balaban J connectivity index is 1.33. The van der Waals surface area contributed by atoms with Crippen molar-refractivity contribution in [2.45, 2.75) is 25.8 Å². The van der Waals surface area contributed by atoms with E-state index in [0.717, 1.165) is 22.0 Å². The number of hydrogen-bond acceptors (Lipinski definition) is 6. The third kappa shape index (κ3) is 5.38. The van der Waals surface area contributed by atoms with E-state index in [1.807, 2.05) is 49.6 Å². The number of rotatable bonds is 7. The maximum Gasteiger partial charge on any atom is 0.244 e. The minimum atomic E-state index is -0.343. The van der Waals surface area contributed by atoms with E-state index in [-0.39, 0.29) is 31.0 Å². The fraction of sp³-hybridized carbons (Fsp3) is 0.320. The van der Waals surface area contributed by atoms with Crippen LogP contribution in [0.4, 0.5) is 0 Å². The SMILES string of the molecule is Cn1cc(CN2CC(OCc3ccncc3)CN(C(=O)Cn3ncc4ccccc43)CC2=O)cn1. The minimum Gasteiger partial charge on any atom is -0.370 e. The number of carbonyl (C=O) groups is 2. The zero-order chi connectivity index (χ0) is 24.2. The summed E-state index contributed by atoms with van der Waals surface area (Å²) in [6, 6.07) is 11.5. The number of benzene rings is 1. The zero-order valence-corrected chi connectivity index (χ0v) is 19.5. The molecule has 1 aliphatic heterocycles. The lowest BCUT2D eigenvalue weighted by molar-refractivity contribution is -0.139. The first-order chi connectivity index (χ1) is 17.0. The van der Waals surface area contributed by atoms with Gasteiger partial charge in [0, 0.05) is 56.2 Å². The maximum atomic E-state index is 13.3. The van der Waals surface area contributed by atoms with Gasteiger partial charge in [-0.05, 0) is 23.8 Å². The van der Waals surface area contributed by atoms with E-state index in [1.165, 1.54) is 0 Å². The van der Waals surface area contributed by atoms with Crippen LogP contribution in [-0.4, -0.2) is 71.9 Å². The summed E-state index contributed by atoms with van der Waals surface area (Å²) >= 11 is 0. The number of amides is 2. The van der Waals surface area contributed by atoms with E-state index < -0.39 is 0 Å². The molecule has 10 heteroatoms. The van der Waals surface area contributed by atoms with Crippen LogP contribution in [0.3, 0.4) is 0 Å². The molecule has 0 N–H and O–H groups in total. The number of para-hydroxylation sites is 1. The molecule has 4 heterocycles. The van der Waals surface area contributed by atoms with Gasteiger partial charge in [-0.25, -0.2) is 0 Å². The highest BCUT2D eigenvalue weighted by atomic mass is 16.5. The lowest BCUT2D eigenvalue weighted by Crippen LogP contribution is -2.41. The molecule has 10 nitrogen and oxygen atoms in total. The Labute approximate surface area is 202 Å². The number of ether oxygens (including phenoxy) is 1. The van der Waals surface area contributed by atoms with E-state index in [1.54, 1.807) is 44.0 Å². The van der Waals surface area contributed by atoms with Crippen LogP contribution in [0, 0.1) is 0 Å². The number of nitrogens with zero attached hydrogens (tertiary/aromatic N) is 7. The Bertz CT molecular complexity index is 1320. The third-order valence-electron chi connectivity index (χ3n) is 6.08. The summed E-state index contributed by atoms with van der Waals surface area (Å²) in [5, 5.41) is 9.54. The lowest BCUT2D eigenvalue weighted by Gasteiger charge is -2.24. The van der Waals surface area contributed by atoms with Gasteiger partial charge in [0.05, 0.1) is 37.2 Å². The van der Waals surface area contributed by atoms with Crippen molar-refractivity contribution in [1.29, 1.82) is 0 Å². The predicted molar refractivity (Wildman–Crippen MR) is 128 cm³/mol. The third-order valence-corrected chi connectivity index (χ3v) is 6.08. The molecule has 0 aliphatic carbocycles. The van der Waals surface area contributed by atoms with Crippen LogP contribution in [-0.2, 0) is 41.1 Å². The van der Waals surface area contributed by atoms with Gasteiger partial charge in [0.15, 0.2) is 0 Å². The zero-order valence-electron chi connectivity index (χ0n) is 19.5. The molecule has 0 saturated carbocycles. The minimum absolute atomic E-state index is 0.00653. The first-order valence-corrected chi connectivity index (χ1v) is 11.5. The standard InChI is InChI=1S/C25H27N7O3/c1-29-12-20(10-27-29)13-30-14-22(35-18-19-6-8-26-9-7-19)15-31(16-24(30)33)25(34)17-32-23-5-3-2-4-21(23)11-28-32/h2-12,22H,13-18H2,1H3. The molecule has 35 heavy (non-hydrogen) atoms. The van der Waals surface area contributed by atoms with Gasteiger partial charge in [0.2, 0.25) is 11.8 Å². The van der Waals surface area contributed by atoms with Gasteiger partial charge in [0.1, 0.15) is 6.54 Å². The molecule has 0 spiro atoms. The first kappa shape index (κ1) is 22.7. The van der Waals surface area contributed by atoms with Gasteiger partial charge >= 0.3 is 0 Å². The molecule has 1 saturated heterocycles. The molecule has 5 rings (SSSR count). The average Bonchev–Trinajstić information content (AvgIpc) is 3.43. The van der Waals surface area contributed by atoms with Crippen LogP contribution in [0.2, 0.25) is 0 Å². The lowest BCUT2D eigenvalue weighted by atomic mass is 10.2. The van der Waals surface area contributed by atoms with Crippen LogP contribution in [0.15, 0.2) is 67.4 Å². The molecular formula is C25H27N7O3. The summed E-state index contributed by atoms with van der Waals surface area (Å²) in [5.41, 5.74) is 2.79. The van der Waals surface area contributed by atoms with E-state index in [2.05, 4.69) is 15.2 Å². The molecule has 0 bridgehead atoms. The Kier molecular flexibility index (Phi) is 6.53. The van der Waals surface area contributed by atoms with Gasteiger partial charge in [-0.3, -0.25) is 23.9 Å². The second-order valence-corrected chi connectivity index (χ2v) is 8.72. The number of carbonyl (C=O) groups excluding carboxylic acids is 2. The summed E-state index contributed by atoms with van der Waals surface area (Å²) in [4.78, 5) is 33.9. The average molecular weight is 474 g/mol. The van der Waals surface area contributed by atoms with E-state index in [4.69, 9.17) is 4.74 Å². The van der Waals surface area contributed by atoms with Crippen molar-refractivity contribution in [1.82, 2.24) is 34.3 Å². The van der Waals surface area contributed by atoms with Crippen LogP contribution < -0.4 is 0 Å². The van der Waals surface area contributed by atoms with Crippen molar-refractivity contribution in [3.63, 3.8) is 0 Å². The van der Waals surface area contributed by atoms with Crippen molar-refractivity contribution in [3.05, 3.63) is 78.5 Å². The molecule has 0 radical (unpaired) electrons. The normalized spacial score (nSPS) is 16.6. The molecular weight excluding hydrogens is 446 g/mol. The van der Waals surface area contributed by atoms with Crippen LogP contribution in [0.25, 0.3) is 10.9 Å². The highest BCUT2D eigenvalue weighted by Crippen LogP contribution is 2.16. The van der Waals surface area contributed by atoms with E-state index in [0.29, 0.717) is 26.2 Å². The Morgan fingerprint density at radius 2 is 1.89 bits per heavy atom. The van der Waals surface area contributed by atoms with Crippen LogP contribution in [0.1, 0.15) is 11.1 Å². The van der Waals surface area contributed by atoms with Gasteiger partial charge in [-0.2, -0.15) is 10.2 Å². The summed E-state index contributed by atoms with van der Waals surface area (Å²) in [6.45, 7) is 1.53. The van der Waals surface area contributed by atoms with E-state index >= 15 is 0 Å². The number of fused-ring (bicyclic) bond motifs is 1. The molecule has 1 atom stereocenters. The second kappa shape index (κ2) is 10.1. The van der Waals surface area contributed by atoms with Crippen LogP contribution in [0.5, 0.6) is 0 Å². The second-order valence-electron chi connectivity index (χ2n) is 8.72. The predicted octanol–water partition coefficient (Wildman–Crippen LogP) is 1.62. The fourth-order valence-corrected chi connectivity index (χ4v) is 4.27. The molecule has 2 amide bonds. The van der Waals surface area contributed by atoms with Crippen molar-refractivity contribution >= 4 is 22.7 Å². The first-order valence-electron chi connectivity index (χ1n) is 11.5. The molecule has 180 valence electrons. The van der Waals surface area contributed by atoms with Crippen molar-refractivity contribution in [2.75, 3.05) is 19.6 Å². The van der Waals surface area contributed by atoms with Gasteiger partial charge in [-0.15, -0.1) is 0 Å². The smallest absolute Gasteiger partial charge is 0.244 e. The number of hydrogen-bond donors (Lipinski definition) is 0. The summed E-state index contributed by atoms with van der Waals surface area (Å²) < 4.78 is 9.58. The molecule has 1 unspecified atom stereocenters. The van der Waals surface area contributed by atoms with Crippen molar-refractivity contribution in [3.8, 4) is 0 Å². The largest absolute Gasteiger partial charge is 0.370 e. The molecule has 3 aromatic heterocycles. The summed E-state index contributed by atoms with van der Waals surface area (Å²) in [5.74, 6) is -0.296. The molecule has 1 fully saturated rings. The van der Waals surface area contributed by atoms with Crippen molar-refractivity contribution < 1.29 is 14.3 Å². The number of aromatic nitrogens is 5. The number of pyridine rings is 1. The number of aryl methyl sites for hydroxylation is 1. The van der Waals surface area contributed by atoms with E-state index in [9.17, 15) is 9.59 Å². The molecule has 1 aromatic carbocycles. The Hall–Kier alpha value is -4.05. The topological polar surface area (TPSA) is 98.4 Å². The van der Waals surface area contributed by atoms with Gasteiger partial charge in [-0.1, -0.05) is 18.2 Å². The van der Waals surface area contributed by atoms with Crippen LogP contribution >= 0.6 is 0 Å². The highest BCUT2D eigenvalue weighted by Gasteiger charge is 2.31. The summed E-state index contributed by atoms with van der Waals surface area (Å²) in [6.07, 6.45) is 8.47.